The number of nitrogens with one attached hydrogen (secondary N) is 1. The fraction of sp³-hybridized carbons (Fsp3) is 0.192. The van der Waals surface area contributed by atoms with Crippen LogP contribution in [0.25, 0.3) is 16.6 Å². The molecule has 1 N–H and O–H groups in total. The Hall–Kier alpha value is -3.38. The lowest BCUT2D eigenvalue weighted by Crippen LogP contribution is -2.23. The molecule has 4 aromatic rings. The van der Waals surface area contributed by atoms with E-state index in [-0.39, 0.29) is 17.2 Å². The molecule has 32 heavy (non-hydrogen) atoms. The molecule has 1 amide bonds. The molecule has 0 spiro atoms. The Morgan fingerprint density at radius 2 is 1.59 bits per heavy atom. The zero-order valence-electron chi connectivity index (χ0n) is 18.6. The van der Waals surface area contributed by atoms with Crippen LogP contribution in [0.3, 0.4) is 0 Å². The van der Waals surface area contributed by atoms with Crippen LogP contribution >= 0.6 is 11.8 Å². The molecule has 0 saturated carbocycles. The van der Waals surface area contributed by atoms with Crippen LogP contribution in [-0.4, -0.2) is 21.2 Å². The second-order valence-electron chi connectivity index (χ2n) is 7.86. The van der Waals surface area contributed by atoms with Crippen molar-refractivity contribution in [3.05, 3.63) is 93.3 Å². The van der Waals surface area contributed by atoms with Gasteiger partial charge in [-0.1, -0.05) is 48.2 Å². The maximum Gasteiger partial charge on any atom is 0.266 e. The highest BCUT2D eigenvalue weighted by Gasteiger charge is 2.17. The summed E-state index contributed by atoms with van der Waals surface area (Å²) in [5, 5.41) is 4.03. The molecule has 5 nitrogen and oxygen atoms in total. The number of fused-ring (bicyclic) bond motifs is 1. The number of amides is 1. The molecule has 0 aliphatic carbocycles. The van der Waals surface area contributed by atoms with Crippen molar-refractivity contribution in [2.45, 2.75) is 32.9 Å². The lowest BCUT2D eigenvalue weighted by atomic mass is 10.1. The van der Waals surface area contributed by atoms with E-state index in [4.69, 9.17) is 4.98 Å². The van der Waals surface area contributed by atoms with Gasteiger partial charge in [0.25, 0.3) is 5.56 Å². The van der Waals surface area contributed by atoms with Crippen molar-refractivity contribution in [3.63, 3.8) is 0 Å². The first-order valence-corrected chi connectivity index (χ1v) is 11.4. The molecule has 0 fully saturated rings. The standard InChI is InChI=1S/C26H25N3O2S/c1-16-9-7-13-21(18(16)3)27-24(30)15-32-26-28-22-12-6-5-11-20(22)25(31)29(26)23-14-8-10-17(2)19(23)4/h5-14H,15H2,1-4H3,(H,27,30). The highest BCUT2D eigenvalue weighted by molar-refractivity contribution is 7.99. The van der Waals surface area contributed by atoms with Crippen molar-refractivity contribution in [2.24, 2.45) is 0 Å². The van der Waals surface area contributed by atoms with E-state index in [1.54, 1.807) is 10.6 Å². The summed E-state index contributed by atoms with van der Waals surface area (Å²) in [6.07, 6.45) is 0. The maximum absolute atomic E-state index is 13.4. The minimum Gasteiger partial charge on any atom is -0.325 e. The molecule has 0 saturated heterocycles. The normalized spacial score (nSPS) is 11.0. The third-order valence-corrected chi connectivity index (χ3v) is 6.71. The average molecular weight is 444 g/mol. The maximum atomic E-state index is 13.4. The number of aromatic nitrogens is 2. The molecule has 0 aliphatic rings. The first-order chi connectivity index (χ1) is 15.4. The number of anilines is 1. The van der Waals surface area contributed by atoms with Crippen LogP contribution in [0.4, 0.5) is 5.69 Å². The van der Waals surface area contributed by atoms with Crippen LogP contribution in [0.1, 0.15) is 22.3 Å². The Morgan fingerprint density at radius 3 is 2.38 bits per heavy atom. The topological polar surface area (TPSA) is 64.0 Å². The van der Waals surface area contributed by atoms with Gasteiger partial charge in [-0.15, -0.1) is 0 Å². The molecule has 6 heteroatoms. The summed E-state index contributed by atoms with van der Waals surface area (Å²) < 4.78 is 1.63. The number of carbonyl (C=O) groups excluding carboxylic acids is 1. The van der Waals surface area contributed by atoms with Crippen molar-refractivity contribution >= 4 is 34.3 Å². The number of nitrogens with zero attached hydrogens (tertiary/aromatic N) is 2. The Labute approximate surface area is 191 Å². The zero-order valence-corrected chi connectivity index (χ0v) is 19.4. The number of hydrogen-bond donors (Lipinski definition) is 1. The molecule has 1 aromatic heterocycles. The van der Waals surface area contributed by atoms with Crippen LogP contribution in [-0.2, 0) is 4.79 Å². The minimum absolute atomic E-state index is 0.137. The summed E-state index contributed by atoms with van der Waals surface area (Å²) in [6, 6.07) is 19.0. The van der Waals surface area contributed by atoms with Gasteiger partial charge >= 0.3 is 0 Å². The number of hydrogen-bond acceptors (Lipinski definition) is 4. The van der Waals surface area contributed by atoms with Gasteiger partial charge in [0.15, 0.2) is 5.16 Å². The second-order valence-corrected chi connectivity index (χ2v) is 8.80. The van der Waals surface area contributed by atoms with E-state index < -0.39 is 0 Å². The van der Waals surface area contributed by atoms with Gasteiger partial charge in [-0.3, -0.25) is 14.2 Å². The summed E-state index contributed by atoms with van der Waals surface area (Å²) in [5.74, 6) is 0.00173. The number of aryl methyl sites for hydroxylation is 2. The first kappa shape index (κ1) is 21.8. The van der Waals surface area contributed by atoms with E-state index in [0.717, 1.165) is 33.6 Å². The third kappa shape index (κ3) is 4.18. The quantitative estimate of drug-likeness (QED) is 0.334. The molecule has 0 bridgehead atoms. The highest BCUT2D eigenvalue weighted by atomic mass is 32.2. The van der Waals surface area contributed by atoms with Crippen molar-refractivity contribution in [1.82, 2.24) is 9.55 Å². The molecule has 3 aromatic carbocycles. The van der Waals surface area contributed by atoms with E-state index >= 15 is 0 Å². The highest BCUT2D eigenvalue weighted by Crippen LogP contribution is 2.25. The van der Waals surface area contributed by atoms with E-state index in [2.05, 4.69) is 5.32 Å². The predicted octanol–water partition coefficient (Wildman–Crippen LogP) is 5.35. The number of para-hydroxylation sites is 1. The van der Waals surface area contributed by atoms with Gasteiger partial charge in [0.05, 0.1) is 22.3 Å². The number of carbonyl (C=O) groups is 1. The Balaban J connectivity index is 1.71. The summed E-state index contributed by atoms with van der Waals surface area (Å²) in [7, 11) is 0. The number of benzene rings is 3. The SMILES string of the molecule is Cc1cccc(NC(=O)CSc2nc3ccccc3c(=O)n2-c2cccc(C)c2C)c1C. The van der Waals surface area contributed by atoms with Gasteiger partial charge in [-0.05, 0) is 74.2 Å². The average Bonchev–Trinajstić information content (AvgIpc) is 2.78. The van der Waals surface area contributed by atoms with E-state index in [1.807, 2.05) is 82.3 Å². The van der Waals surface area contributed by atoms with Crippen LogP contribution in [0.2, 0.25) is 0 Å². The van der Waals surface area contributed by atoms with Crippen molar-refractivity contribution in [3.8, 4) is 5.69 Å². The summed E-state index contributed by atoms with van der Waals surface area (Å²) in [5.41, 5.74) is 6.33. The molecule has 0 atom stereocenters. The van der Waals surface area contributed by atoms with Crippen LogP contribution in [0.15, 0.2) is 70.6 Å². The van der Waals surface area contributed by atoms with Gasteiger partial charge in [-0.25, -0.2) is 4.98 Å². The first-order valence-electron chi connectivity index (χ1n) is 10.4. The molecular formula is C26H25N3O2S. The number of thioether (sulfide) groups is 1. The van der Waals surface area contributed by atoms with Crippen LogP contribution in [0.5, 0.6) is 0 Å². The van der Waals surface area contributed by atoms with Gasteiger partial charge in [0.1, 0.15) is 0 Å². The van der Waals surface area contributed by atoms with Gasteiger partial charge in [-0.2, -0.15) is 0 Å². The Kier molecular flexibility index (Phi) is 6.15. The monoisotopic (exact) mass is 443 g/mol. The molecule has 162 valence electrons. The molecule has 4 rings (SSSR count). The zero-order chi connectivity index (χ0) is 22.8. The second kappa shape index (κ2) is 9.01. The lowest BCUT2D eigenvalue weighted by Gasteiger charge is -2.16. The smallest absolute Gasteiger partial charge is 0.266 e. The largest absolute Gasteiger partial charge is 0.325 e. The molecule has 0 unspecified atom stereocenters. The lowest BCUT2D eigenvalue weighted by molar-refractivity contribution is -0.113. The van der Waals surface area contributed by atoms with E-state index in [1.165, 1.54) is 11.8 Å². The molecular weight excluding hydrogens is 418 g/mol. The van der Waals surface area contributed by atoms with Gasteiger partial charge in [0.2, 0.25) is 5.91 Å². The van der Waals surface area contributed by atoms with Crippen molar-refractivity contribution < 1.29 is 4.79 Å². The molecule has 0 aliphatic heterocycles. The molecule has 1 heterocycles. The van der Waals surface area contributed by atoms with Crippen LogP contribution < -0.4 is 10.9 Å². The van der Waals surface area contributed by atoms with E-state index in [0.29, 0.717) is 16.1 Å². The Morgan fingerprint density at radius 1 is 0.906 bits per heavy atom. The van der Waals surface area contributed by atoms with Crippen molar-refractivity contribution in [2.75, 3.05) is 11.1 Å². The third-order valence-electron chi connectivity index (χ3n) is 5.77. The minimum atomic E-state index is -0.140. The number of rotatable bonds is 5. The summed E-state index contributed by atoms with van der Waals surface area (Å²) >= 11 is 1.26. The fourth-order valence-corrected chi connectivity index (χ4v) is 4.41. The van der Waals surface area contributed by atoms with Crippen molar-refractivity contribution in [1.29, 1.82) is 0 Å². The van der Waals surface area contributed by atoms with Gasteiger partial charge < -0.3 is 5.32 Å². The van der Waals surface area contributed by atoms with Gasteiger partial charge in [0, 0.05) is 5.69 Å². The van der Waals surface area contributed by atoms with Crippen LogP contribution in [0, 0.1) is 27.7 Å². The Bertz CT molecular complexity index is 1390. The molecule has 0 radical (unpaired) electrons. The summed E-state index contributed by atoms with van der Waals surface area (Å²) in [6.45, 7) is 8.01. The fourth-order valence-electron chi connectivity index (χ4n) is 3.60. The predicted molar refractivity (Wildman–Crippen MR) is 132 cm³/mol. The summed E-state index contributed by atoms with van der Waals surface area (Å²) in [4.78, 5) is 30.9. The van der Waals surface area contributed by atoms with E-state index in [9.17, 15) is 9.59 Å².